The van der Waals surface area contributed by atoms with E-state index in [0.717, 1.165) is 11.5 Å². The highest BCUT2D eigenvalue weighted by atomic mass is 32.2. The van der Waals surface area contributed by atoms with Crippen LogP contribution in [0.2, 0.25) is 0 Å². The van der Waals surface area contributed by atoms with Gasteiger partial charge in [0.05, 0.1) is 4.92 Å². The molecule has 0 aromatic heterocycles. The summed E-state index contributed by atoms with van der Waals surface area (Å²) in [5, 5.41) is 16.8. The van der Waals surface area contributed by atoms with Crippen molar-refractivity contribution in [1.82, 2.24) is 5.32 Å². The van der Waals surface area contributed by atoms with Crippen LogP contribution in [-0.4, -0.2) is 34.9 Å². The first-order chi connectivity index (χ1) is 9.99. The number of benzene rings is 1. The molecule has 116 valence electrons. The maximum absolute atomic E-state index is 12.1. The largest absolute Gasteiger partial charge is 0.380 e. The maximum atomic E-state index is 12.1. The molecule has 0 aliphatic carbocycles. The van der Waals surface area contributed by atoms with Crippen molar-refractivity contribution in [2.75, 3.05) is 23.4 Å². The Bertz CT molecular complexity index is 508. The smallest absolute Gasteiger partial charge is 0.293 e. The predicted octanol–water partition coefficient (Wildman–Crippen LogP) is 2.90. The van der Waals surface area contributed by atoms with Crippen molar-refractivity contribution in [3.05, 3.63) is 33.9 Å². The van der Waals surface area contributed by atoms with Gasteiger partial charge in [-0.05, 0) is 31.7 Å². The van der Waals surface area contributed by atoms with Gasteiger partial charge < -0.3 is 10.6 Å². The zero-order valence-corrected chi connectivity index (χ0v) is 13.3. The van der Waals surface area contributed by atoms with Crippen molar-refractivity contribution in [3.63, 3.8) is 0 Å². The molecule has 0 spiro atoms. The Morgan fingerprint density at radius 3 is 2.71 bits per heavy atom. The lowest BCUT2D eigenvalue weighted by Gasteiger charge is -2.13. The molecule has 1 rings (SSSR count). The van der Waals surface area contributed by atoms with Gasteiger partial charge in [0.25, 0.3) is 11.6 Å². The van der Waals surface area contributed by atoms with E-state index in [4.69, 9.17) is 0 Å². The topological polar surface area (TPSA) is 84.3 Å². The number of rotatable bonds is 8. The summed E-state index contributed by atoms with van der Waals surface area (Å²) in [5.74, 6) is 1.52. The van der Waals surface area contributed by atoms with E-state index < -0.39 is 4.92 Å². The number of nitrogens with zero attached hydrogens (tertiary/aromatic N) is 1. The molecule has 1 atom stereocenters. The third-order valence-corrected chi connectivity index (χ3v) is 3.92. The quantitative estimate of drug-likeness (QED) is 0.569. The molecule has 0 saturated carbocycles. The van der Waals surface area contributed by atoms with Crippen LogP contribution in [0.1, 0.15) is 31.1 Å². The van der Waals surface area contributed by atoms with E-state index in [9.17, 15) is 14.9 Å². The van der Waals surface area contributed by atoms with Gasteiger partial charge >= 0.3 is 0 Å². The minimum Gasteiger partial charge on any atom is -0.380 e. The van der Waals surface area contributed by atoms with Crippen molar-refractivity contribution >= 4 is 29.0 Å². The second-order valence-corrected chi connectivity index (χ2v) is 5.87. The molecule has 0 saturated heterocycles. The lowest BCUT2D eigenvalue weighted by Crippen LogP contribution is -2.34. The van der Waals surface area contributed by atoms with Gasteiger partial charge in [-0.15, -0.1) is 0 Å². The fourth-order valence-electron chi connectivity index (χ4n) is 1.81. The first-order valence-electron chi connectivity index (χ1n) is 6.90. The number of nitrogens with one attached hydrogen (secondary N) is 2. The minimum atomic E-state index is -0.481. The van der Waals surface area contributed by atoms with Gasteiger partial charge in [-0.3, -0.25) is 14.9 Å². The molecule has 0 aliphatic heterocycles. The van der Waals surface area contributed by atoms with E-state index >= 15 is 0 Å². The third-order valence-electron chi connectivity index (χ3n) is 2.77. The first kappa shape index (κ1) is 17.3. The number of nitro benzene ring substituents is 1. The molecule has 6 nitrogen and oxygen atoms in total. The van der Waals surface area contributed by atoms with Crippen molar-refractivity contribution in [1.29, 1.82) is 0 Å². The predicted molar refractivity (Wildman–Crippen MR) is 87.2 cm³/mol. The van der Waals surface area contributed by atoms with E-state index in [1.807, 2.05) is 13.8 Å². The molecule has 1 unspecified atom stereocenters. The zero-order valence-electron chi connectivity index (χ0n) is 12.5. The monoisotopic (exact) mass is 311 g/mol. The molecule has 7 heteroatoms. The second kappa shape index (κ2) is 8.51. The summed E-state index contributed by atoms with van der Waals surface area (Å²) in [6, 6.07) is 4.50. The number of amides is 1. The highest BCUT2D eigenvalue weighted by molar-refractivity contribution is 7.99. The minimum absolute atomic E-state index is 0.0231. The van der Waals surface area contributed by atoms with Crippen molar-refractivity contribution < 1.29 is 9.72 Å². The lowest BCUT2D eigenvalue weighted by atomic mass is 10.1. The molecule has 0 radical (unpaired) electrons. The van der Waals surface area contributed by atoms with Crippen LogP contribution < -0.4 is 10.6 Å². The molecular weight excluding hydrogens is 290 g/mol. The van der Waals surface area contributed by atoms with Crippen molar-refractivity contribution in [2.45, 2.75) is 26.8 Å². The SMILES string of the molecule is CCNc1ccc(C(=O)NC(C)CSCC)cc1[N+](=O)[O-]. The summed E-state index contributed by atoms with van der Waals surface area (Å²) in [6.45, 7) is 6.42. The van der Waals surface area contributed by atoms with E-state index in [1.54, 1.807) is 23.9 Å². The van der Waals surface area contributed by atoms with Crippen LogP contribution in [0.4, 0.5) is 11.4 Å². The normalized spacial score (nSPS) is 11.8. The average Bonchev–Trinajstić information content (AvgIpc) is 2.45. The van der Waals surface area contributed by atoms with Gasteiger partial charge in [-0.25, -0.2) is 0 Å². The third kappa shape index (κ3) is 5.26. The van der Waals surface area contributed by atoms with Crippen molar-refractivity contribution in [2.24, 2.45) is 0 Å². The van der Waals surface area contributed by atoms with E-state index in [-0.39, 0.29) is 17.6 Å². The van der Waals surface area contributed by atoms with Gasteiger partial charge in [0, 0.05) is 30.0 Å². The van der Waals surface area contributed by atoms with E-state index in [2.05, 4.69) is 17.6 Å². The Hall–Kier alpha value is -1.76. The summed E-state index contributed by atoms with van der Waals surface area (Å²) >= 11 is 1.74. The van der Waals surface area contributed by atoms with Gasteiger partial charge in [-0.1, -0.05) is 6.92 Å². The number of hydrogen-bond acceptors (Lipinski definition) is 5. The maximum Gasteiger partial charge on any atom is 0.293 e. The Balaban J connectivity index is 2.85. The van der Waals surface area contributed by atoms with Crippen LogP contribution in [0.25, 0.3) is 0 Å². The summed E-state index contributed by atoms with van der Waals surface area (Å²) in [6.07, 6.45) is 0. The van der Waals surface area contributed by atoms with E-state index in [0.29, 0.717) is 17.8 Å². The Morgan fingerprint density at radius 1 is 1.43 bits per heavy atom. The standard InChI is InChI=1S/C14H21N3O3S/c1-4-15-12-7-6-11(8-13(12)17(19)20)14(18)16-10(3)9-21-5-2/h6-8,10,15H,4-5,9H2,1-3H3,(H,16,18). The fourth-order valence-corrected chi connectivity index (χ4v) is 2.48. The highest BCUT2D eigenvalue weighted by Gasteiger charge is 2.18. The van der Waals surface area contributed by atoms with Crippen LogP contribution in [0, 0.1) is 10.1 Å². The molecule has 1 aromatic carbocycles. The summed E-state index contributed by atoms with van der Waals surface area (Å²) in [5.41, 5.74) is 0.644. The molecule has 0 aliphatic rings. The van der Waals surface area contributed by atoms with Gasteiger partial charge in [0.15, 0.2) is 0 Å². The summed E-state index contributed by atoms with van der Waals surface area (Å²) in [4.78, 5) is 22.7. The number of carbonyl (C=O) groups is 1. The molecule has 1 amide bonds. The van der Waals surface area contributed by atoms with E-state index in [1.165, 1.54) is 6.07 Å². The van der Waals surface area contributed by atoms with Crippen LogP contribution >= 0.6 is 11.8 Å². The van der Waals surface area contributed by atoms with Crippen molar-refractivity contribution in [3.8, 4) is 0 Å². The fraction of sp³-hybridized carbons (Fsp3) is 0.500. The summed E-state index contributed by atoms with van der Waals surface area (Å²) in [7, 11) is 0. The average molecular weight is 311 g/mol. The second-order valence-electron chi connectivity index (χ2n) is 4.55. The number of nitro groups is 1. The lowest BCUT2D eigenvalue weighted by molar-refractivity contribution is -0.384. The summed E-state index contributed by atoms with van der Waals surface area (Å²) < 4.78 is 0. The number of carbonyl (C=O) groups excluding carboxylic acids is 1. The Labute approximate surface area is 128 Å². The van der Waals surface area contributed by atoms with Gasteiger partial charge in [0.1, 0.15) is 5.69 Å². The van der Waals surface area contributed by atoms with Crippen LogP contribution in [0.15, 0.2) is 18.2 Å². The molecule has 2 N–H and O–H groups in total. The van der Waals surface area contributed by atoms with Crippen LogP contribution in [-0.2, 0) is 0 Å². The number of anilines is 1. The molecular formula is C14H21N3O3S. The van der Waals surface area contributed by atoms with Crippen LogP contribution in [0.5, 0.6) is 0 Å². The Kier molecular flexibility index (Phi) is 7.01. The first-order valence-corrected chi connectivity index (χ1v) is 8.06. The molecule has 0 bridgehead atoms. The number of thioether (sulfide) groups is 1. The number of hydrogen-bond donors (Lipinski definition) is 2. The molecule has 0 heterocycles. The van der Waals surface area contributed by atoms with Gasteiger partial charge in [-0.2, -0.15) is 11.8 Å². The van der Waals surface area contributed by atoms with Crippen LogP contribution in [0.3, 0.4) is 0 Å². The zero-order chi connectivity index (χ0) is 15.8. The molecule has 21 heavy (non-hydrogen) atoms. The highest BCUT2D eigenvalue weighted by Crippen LogP contribution is 2.25. The Morgan fingerprint density at radius 2 is 2.14 bits per heavy atom. The molecule has 0 fully saturated rings. The van der Waals surface area contributed by atoms with Gasteiger partial charge in [0.2, 0.25) is 0 Å². The molecule has 1 aromatic rings.